The molecule has 0 amide bonds. The summed E-state index contributed by atoms with van der Waals surface area (Å²) in [6, 6.07) is 27.4. The SMILES string of the molecule is CS(=O)(=O)Nc1ccc(N(c2ccccc2)c2ccccc2)cc1. The second-order valence-electron chi connectivity index (χ2n) is 5.43. The molecule has 0 radical (unpaired) electrons. The van der Waals surface area contributed by atoms with Crippen molar-refractivity contribution in [1.29, 1.82) is 0 Å². The summed E-state index contributed by atoms with van der Waals surface area (Å²) in [4.78, 5) is 2.12. The molecule has 0 unspecified atom stereocenters. The number of rotatable bonds is 5. The van der Waals surface area contributed by atoms with E-state index in [1.165, 1.54) is 0 Å². The maximum atomic E-state index is 11.3. The summed E-state index contributed by atoms with van der Waals surface area (Å²) in [6.45, 7) is 0. The number of para-hydroxylation sites is 2. The van der Waals surface area contributed by atoms with E-state index in [0.717, 1.165) is 23.3 Å². The molecular weight excluding hydrogens is 320 g/mol. The van der Waals surface area contributed by atoms with Gasteiger partial charge >= 0.3 is 0 Å². The van der Waals surface area contributed by atoms with E-state index in [4.69, 9.17) is 0 Å². The quantitative estimate of drug-likeness (QED) is 0.744. The van der Waals surface area contributed by atoms with Gasteiger partial charge in [0, 0.05) is 22.7 Å². The van der Waals surface area contributed by atoms with E-state index < -0.39 is 10.0 Å². The van der Waals surface area contributed by atoms with Crippen molar-refractivity contribution in [1.82, 2.24) is 0 Å². The van der Waals surface area contributed by atoms with Crippen LogP contribution < -0.4 is 9.62 Å². The van der Waals surface area contributed by atoms with E-state index in [9.17, 15) is 8.42 Å². The zero-order chi connectivity index (χ0) is 17.0. The fourth-order valence-corrected chi connectivity index (χ4v) is 3.06. The molecule has 0 fully saturated rings. The van der Waals surface area contributed by atoms with Crippen molar-refractivity contribution in [3.8, 4) is 0 Å². The molecule has 122 valence electrons. The van der Waals surface area contributed by atoms with Gasteiger partial charge in [0.1, 0.15) is 0 Å². The fraction of sp³-hybridized carbons (Fsp3) is 0.0526. The highest BCUT2D eigenvalue weighted by atomic mass is 32.2. The molecule has 3 aromatic rings. The molecule has 0 heterocycles. The lowest BCUT2D eigenvalue weighted by atomic mass is 10.2. The molecule has 24 heavy (non-hydrogen) atoms. The van der Waals surface area contributed by atoms with Crippen LogP contribution in [0.15, 0.2) is 84.9 Å². The maximum Gasteiger partial charge on any atom is 0.229 e. The van der Waals surface area contributed by atoms with Gasteiger partial charge in [-0.15, -0.1) is 0 Å². The highest BCUT2D eigenvalue weighted by Gasteiger charge is 2.11. The van der Waals surface area contributed by atoms with Crippen molar-refractivity contribution in [3.63, 3.8) is 0 Å². The smallest absolute Gasteiger partial charge is 0.229 e. The van der Waals surface area contributed by atoms with Gasteiger partial charge in [0.15, 0.2) is 0 Å². The van der Waals surface area contributed by atoms with E-state index in [1.807, 2.05) is 72.8 Å². The van der Waals surface area contributed by atoms with E-state index in [2.05, 4.69) is 9.62 Å². The second-order valence-corrected chi connectivity index (χ2v) is 7.18. The normalized spacial score (nSPS) is 11.0. The summed E-state index contributed by atoms with van der Waals surface area (Å²) in [5.74, 6) is 0. The van der Waals surface area contributed by atoms with E-state index >= 15 is 0 Å². The van der Waals surface area contributed by atoms with Crippen LogP contribution in [0.2, 0.25) is 0 Å². The lowest BCUT2D eigenvalue weighted by Gasteiger charge is -2.25. The molecule has 3 rings (SSSR count). The molecule has 0 aromatic heterocycles. The van der Waals surface area contributed by atoms with Crippen LogP contribution in [0.25, 0.3) is 0 Å². The Bertz CT molecular complexity index is 854. The third kappa shape index (κ3) is 3.94. The van der Waals surface area contributed by atoms with Crippen molar-refractivity contribution >= 4 is 32.8 Å². The number of hydrogen-bond acceptors (Lipinski definition) is 3. The van der Waals surface area contributed by atoms with Gasteiger partial charge in [-0.25, -0.2) is 8.42 Å². The predicted molar refractivity (Wildman–Crippen MR) is 99.6 cm³/mol. The molecule has 3 aromatic carbocycles. The Morgan fingerprint density at radius 2 is 1.08 bits per heavy atom. The van der Waals surface area contributed by atoms with Crippen LogP contribution in [0, 0.1) is 0 Å². The van der Waals surface area contributed by atoms with Gasteiger partial charge in [0.05, 0.1) is 6.26 Å². The third-order valence-corrected chi connectivity index (χ3v) is 4.06. The molecule has 0 aliphatic heterocycles. The first-order valence-electron chi connectivity index (χ1n) is 7.51. The summed E-state index contributed by atoms with van der Waals surface area (Å²) in [7, 11) is -3.28. The summed E-state index contributed by atoms with van der Waals surface area (Å²) in [6.07, 6.45) is 1.14. The number of hydrogen-bond donors (Lipinski definition) is 1. The van der Waals surface area contributed by atoms with E-state index in [-0.39, 0.29) is 0 Å². The maximum absolute atomic E-state index is 11.3. The first-order chi connectivity index (χ1) is 11.5. The summed E-state index contributed by atoms with van der Waals surface area (Å²) < 4.78 is 25.2. The van der Waals surface area contributed by atoms with Crippen molar-refractivity contribution in [2.45, 2.75) is 0 Å². The summed E-state index contributed by atoms with van der Waals surface area (Å²) in [5, 5.41) is 0. The number of nitrogens with zero attached hydrogens (tertiary/aromatic N) is 1. The molecule has 0 spiro atoms. The highest BCUT2D eigenvalue weighted by Crippen LogP contribution is 2.34. The lowest BCUT2D eigenvalue weighted by Crippen LogP contribution is -2.11. The zero-order valence-corrected chi connectivity index (χ0v) is 14.1. The van der Waals surface area contributed by atoms with Crippen LogP contribution in [0.1, 0.15) is 0 Å². The molecule has 0 saturated carbocycles. The van der Waals surface area contributed by atoms with Crippen LogP contribution in [0.3, 0.4) is 0 Å². The average molecular weight is 338 g/mol. The Labute approximate surface area is 142 Å². The minimum Gasteiger partial charge on any atom is -0.311 e. The number of nitrogens with one attached hydrogen (secondary N) is 1. The molecular formula is C19H18N2O2S. The average Bonchev–Trinajstić information content (AvgIpc) is 2.57. The summed E-state index contributed by atoms with van der Waals surface area (Å²) >= 11 is 0. The van der Waals surface area contributed by atoms with E-state index in [1.54, 1.807) is 12.1 Å². The molecule has 0 atom stereocenters. The second kappa shape index (κ2) is 6.76. The fourth-order valence-electron chi connectivity index (χ4n) is 2.49. The van der Waals surface area contributed by atoms with Crippen molar-refractivity contribution < 1.29 is 8.42 Å². The topological polar surface area (TPSA) is 49.4 Å². The first-order valence-corrected chi connectivity index (χ1v) is 9.40. The Hall–Kier alpha value is -2.79. The minimum absolute atomic E-state index is 0.544. The standard InChI is InChI=1S/C19H18N2O2S/c1-24(22,23)20-16-12-14-19(15-13-16)21(17-8-4-2-5-9-17)18-10-6-3-7-11-18/h2-15,20H,1H3. The van der Waals surface area contributed by atoms with Crippen molar-refractivity contribution in [2.24, 2.45) is 0 Å². The number of benzene rings is 3. The Morgan fingerprint density at radius 1 is 0.667 bits per heavy atom. The van der Waals surface area contributed by atoms with Gasteiger partial charge in [-0.3, -0.25) is 4.72 Å². The Kier molecular flexibility index (Phi) is 4.53. The van der Waals surface area contributed by atoms with Gasteiger partial charge in [0.25, 0.3) is 0 Å². The molecule has 0 aliphatic rings. The molecule has 0 aliphatic carbocycles. The lowest BCUT2D eigenvalue weighted by molar-refractivity contribution is 0.607. The van der Waals surface area contributed by atoms with Crippen molar-refractivity contribution in [3.05, 3.63) is 84.9 Å². The monoisotopic (exact) mass is 338 g/mol. The highest BCUT2D eigenvalue weighted by molar-refractivity contribution is 7.92. The van der Waals surface area contributed by atoms with E-state index in [0.29, 0.717) is 5.69 Å². The molecule has 1 N–H and O–H groups in total. The first kappa shape index (κ1) is 16.1. The Balaban J connectivity index is 2.00. The number of anilines is 4. The predicted octanol–water partition coefficient (Wildman–Crippen LogP) is 4.53. The van der Waals surface area contributed by atoms with Crippen molar-refractivity contribution in [2.75, 3.05) is 15.9 Å². The van der Waals surface area contributed by atoms with Crippen LogP contribution in [-0.4, -0.2) is 14.7 Å². The third-order valence-electron chi connectivity index (χ3n) is 3.46. The summed E-state index contributed by atoms with van der Waals surface area (Å²) in [5.41, 5.74) is 3.56. The minimum atomic E-state index is -3.28. The molecule has 5 heteroatoms. The van der Waals surface area contributed by atoms with Crippen LogP contribution >= 0.6 is 0 Å². The zero-order valence-electron chi connectivity index (χ0n) is 13.3. The number of sulfonamides is 1. The van der Waals surface area contributed by atoms with Gasteiger partial charge in [-0.05, 0) is 48.5 Å². The van der Waals surface area contributed by atoms with Crippen LogP contribution in [0.4, 0.5) is 22.7 Å². The van der Waals surface area contributed by atoms with Gasteiger partial charge < -0.3 is 4.90 Å². The van der Waals surface area contributed by atoms with Crippen LogP contribution in [0.5, 0.6) is 0 Å². The van der Waals surface area contributed by atoms with Gasteiger partial charge in [0.2, 0.25) is 10.0 Å². The molecule has 0 saturated heterocycles. The van der Waals surface area contributed by atoms with Gasteiger partial charge in [-0.1, -0.05) is 36.4 Å². The molecule has 4 nitrogen and oxygen atoms in total. The van der Waals surface area contributed by atoms with Crippen LogP contribution in [-0.2, 0) is 10.0 Å². The molecule has 0 bridgehead atoms. The van der Waals surface area contributed by atoms with Gasteiger partial charge in [-0.2, -0.15) is 0 Å². The largest absolute Gasteiger partial charge is 0.311 e. The Morgan fingerprint density at radius 3 is 1.50 bits per heavy atom.